The van der Waals surface area contributed by atoms with Gasteiger partial charge in [-0.3, -0.25) is 4.79 Å². The quantitative estimate of drug-likeness (QED) is 0.440. The standard InChI is InChI=1S/C14H10O.4C2H6/c15-14-12-7-3-1-5-10(12)9-11-6-2-4-8-13(11)14;4*1-2/h1-8H,9H2;4*1-2H3. The van der Waals surface area contributed by atoms with Crippen LogP contribution < -0.4 is 0 Å². The molecule has 0 fully saturated rings. The second-order valence-corrected chi connectivity index (χ2v) is 3.82. The summed E-state index contributed by atoms with van der Waals surface area (Å²) in [5.74, 6) is 0.160. The van der Waals surface area contributed by atoms with Crippen LogP contribution in [0, 0.1) is 0 Å². The first-order chi connectivity index (χ1) is 11.4. The average Bonchev–Trinajstić information content (AvgIpc) is 2.68. The lowest BCUT2D eigenvalue weighted by Gasteiger charge is -2.17. The van der Waals surface area contributed by atoms with Crippen molar-refractivity contribution >= 4 is 5.78 Å². The highest BCUT2D eigenvalue weighted by atomic mass is 16.1. The molecule has 1 heteroatoms. The van der Waals surface area contributed by atoms with Gasteiger partial charge in [-0.25, -0.2) is 0 Å². The monoisotopic (exact) mass is 314 g/mol. The first-order valence-electron chi connectivity index (χ1n) is 9.07. The Balaban J connectivity index is 0. The number of rotatable bonds is 0. The van der Waals surface area contributed by atoms with E-state index in [0.29, 0.717) is 0 Å². The topological polar surface area (TPSA) is 17.1 Å². The van der Waals surface area contributed by atoms with E-state index in [1.807, 2.05) is 104 Å². The third-order valence-corrected chi connectivity index (χ3v) is 2.90. The molecule has 0 spiro atoms. The Morgan fingerprint density at radius 2 is 0.870 bits per heavy atom. The van der Waals surface area contributed by atoms with Gasteiger partial charge >= 0.3 is 0 Å². The first-order valence-corrected chi connectivity index (χ1v) is 9.07. The van der Waals surface area contributed by atoms with Gasteiger partial charge in [0.1, 0.15) is 0 Å². The summed E-state index contributed by atoms with van der Waals surface area (Å²) >= 11 is 0. The molecule has 1 aliphatic carbocycles. The zero-order valence-electron chi connectivity index (χ0n) is 16.2. The molecule has 0 heterocycles. The summed E-state index contributed by atoms with van der Waals surface area (Å²) in [6.45, 7) is 16.0. The van der Waals surface area contributed by atoms with Crippen LogP contribution in [0.15, 0.2) is 48.5 Å². The normalized spacial score (nSPS) is 9.65. The summed E-state index contributed by atoms with van der Waals surface area (Å²) in [7, 11) is 0. The van der Waals surface area contributed by atoms with Gasteiger partial charge in [-0.05, 0) is 17.5 Å². The van der Waals surface area contributed by atoms with Crippen LogP contribution in [-0.2, 0) is 6.42 Å². The van der Waals surface area contributed by atoms with Crippen LogP contribution in [-0.4, -0.2) is 5.78 Å². The first kappa shape index (κ1) is 23.4. The number of hydrogen-bond acceptors (Lipinski definition) is 1. The van der Waals surface area contributed by atoms with Crippen LogP contribution in [0.5, 0.6) is 0 Å². The Hall–Kier alpha value is -1.89. The van der Waals surface area contributed by atoms with Gasteiger partial charge in [0.05, 0.1) is 0 Å². The molecule has 0 atom stereocenters. The summed E-state index contributed by atoms with van der Waals surface area (Å²) in [5.41, 5.74) is 4.00. The van der Waals surface area contributed by atoms with Gasteiger partial charge in [0.15, 0.2) is 5.78 Å². The maximum Gasteiger partial charge on any atom is 0.193 e. The number of carbonyl (C=O) groups excluding carboxylic acids is 1. The van der Waals surface area contributed by atoms with Crippen molar-refractivity contribution in [2.24, 2.45) is 0 Å². The summed E-state index contributed by atoms with van der Waals surface area (Å²) in [6.07, 6.45) is 0.873. The molecule has 0 bridgehead atoms. The minimum absolute atomic E-state index is 0.160. The van der Waals surface area contributed by atoms with E-state index in [9.17, 15) is 4.79 Å². The van der Waals surface area contributed by atoms with Crippen LogP contribution in [0.4, 0.5) is 0 Å². The molecule has 2 aromatic rings. The predicted octanol–water partition coefficient (Wildman–Crippen LogP) is 6.93. The molecule has 0 saturated carbocycles. The van der Waals surface area contributed by atoms with Crippen molar-refractivity contribution in [2.45, 2.75) is 61.8 Å². The van der Waals surface area contributed by atoms with Crippen LogP contribution in [0.1, 0.15) is 82.4 Å². The molecule has 0 amide bonds. The lowest BCUT2D eigenvalue weighted by molar-refractivity contribution is 0.103. The molecule has 1 aliphatic rings. The van der Waals surface area contributed by atoms with Crippen molar-refractivity contribution in [3.05, 3.63) is 70.8 Å². The van der Waals surface area contributed by atoms with Crippen LogP contribution in [0.25, 0.3) is 0 Å². The maximum atomic E-state index is 12.1. The summed E-state index contributed by atoms with van der Waals surface area (Å²) < 4.78 is 0. The van der Waals surface area contributed by atoms with Crippen molar-refractivity contribution in [1.29, 1.82) is 0 Å². The molecular formula is C22H34O. The number of benzene rings is 2. The molecule has 2 aromatic carbocycles. The average molecular weight is 315 g/mol. The van der Waals surface area contributed by atoms with Crippen molar-refractivity contribution in [3.63, 3.8) is 0 Å². The zero-order valence-corrected chi connectivity index (χ0v) is 16.2. The Bertz CT molecular complexity index is 494. The van der Waals surface area contributed by atoms with Crippen molar-refractivity contribution in [2.75, 3.05) is 0 Å². The molecule has 23 heavy (non-hydrogen) atoms. The van der Waals surface area contributed by atoms with Crippen molar-refractivity contribution in [3.8, 4) is 0 Å². The molecule has 0 unspecified atom stereocenters. The lowest BCUT2D eigenvalue weighted by atomic mass is 9.85. The minimum atomic E-state index is 0.160. The predicted molar refractivity (Wildman–Crippen MR) is 105 cm³/mol. The van der Waals surface area contributed by atoms with E-state index < -0.39 is 0 Å². The summed E-state index contributed by atoms with van der Waals surface area (Å²) in [4.78, 5) is 12.1. The van der Waals surface area contributed by atoms with Crippen molar-refractivity contribution in [1.82, 2.24) is 0 Å². The van der Waals surface area contributed by atoms with Gasteiger partial charge in [-0.15, -0.1) is 0 Å². The largest absolute Gasteiger partial charge is 0.289 e. The van der Waals surface area contributed by atoms with E-state index in [0.717, 1.165) is 28.7 Å². The minimum Gasteiger partial charge on any atom is -0.289 e. The maximum absolute atomic E-state index is 12.1. The zero-order chi connectivity index (χ0) is 18.3. The fraction of sp³-hybridized carbons (Fsp3) is 0.409. The van der Waals surface area contributed by atoms with E-state index in [2.05, 4.69) is 0 Å². The number of hydrogen-bond donors (Lipinski definition) is 0. The van der Waals surface area contributed by atoms with Gasteiger partial charge < -0.3 is 0 Å². The van der Waals surface area contributed by atoms with Crippen LogP contribution >= 0.6 is 0 Å². The molecule has 3 rings (SSSR count). The molecule has 0 N–H and O–H groups in total. The van der Waals surface area contributed by atoms with E-state index in [-0.39, 0.29) is 5.78 Å². The highest BCUT2D eigenvalue weighted by Crippen LogP contribution is 2.26. The lowest BCUT2D eigenvalue weighted by Crippen LogP contribution is -2.14. The Morgan fingerprint density at radius 1 is 0.565 bits per heavy atom. The third kappa shape index (κ3) is 6.40. The van der Waals surface area contributed by atoms with Gasteiger partial charge in [-0.2, -0.15) is 0 Å². The molecular weight excluding hydrogens is 280 g/mol. The second-order valence-electron chi connectivity index (χ2n) is 3.82. The van der Waals surface area contributed by atoms with Crippen LogP contribution in [0.3, 0.4) is 0 Å². The Morgan fingerprint density at radius 3 is 1.22 bits per heavy atom. The second kappa shape index (κ2) is 15.0. The fourth-order valence-corrected chi connectivity index (χ4v) is 2.14. The Labute approximate surface area is 143 Å². The highest BCUT2D eigenvalue weighted by molar-refractivity contribution is 6.12. The van der Waals surface area contributed by atoms with E-state index in [1.165, 1.54) is 0 Å². The van der Waals surface area contributed by atoms with E-state index in [1.54, 1.807) is 0 Å². The van der Waals surface area contributed by atoms with Gasteiger partial charge in [0, 0.05) is 11.1 Å². The van der Waals surface area contributed by atoms with Gasteiger partial charge in [0.2, 0.25) is 0 Å². The number of carbonyl (C=O) groups is 1. The number of ketones is 1. The van der Waals surface area contributed by atoms with E-state index >= 15 is 0 Å². The summed E-state index contributed by atoms with van der Waals surface area (Å²) in [6, 6.07) is 15.7. The molecule has 0 aromatic heterocycles. The SMILES string of the molecule is CC.CC.CC.CC.O=C1c2ccccc2Cc2ccccc21. The van der Waals surface area contributed by atoms with E-state index in [4.69, 9.17) is 0 Å². The Kier molecular flexibility index (Phi) is 15.3. The molecule has 0 saturated heterocycles. The van der Waals surface area contributed by atoms with Gasteiger partial charge in [0.25, 0.3) is 0 Å². The fourth-order valence-electron chi connectivity index (χ4n) is 2.14. The van der Waals surface area contributed by atoms with Crippen LogP contribution in [0.2, 0.25) is 0 Å². The highest BCUT2D eigenvalue weighted by Gasteiger charge is 2.21. The molecule has 128 valence electrons. The molecule has 0 radical (unpaired) electrons. The van der Waals surface area contributed by atoms with Gasteiger partial charge in [-0.1, -0.05) is 104 Å². The van der Waals surface area contributed by atoms with Crippen molar-refractivity contribution < 1.29 is 4.79 Å². The smallest absolute Gasteiger partial charge is 0.193 e. The molecule has 0 aliphatic heterocycles. The number of fused-ring (bicyclic) bond motifs is 2. The third-order valence-electron chi connectivity index (χ3n) is 2.90. The summed E-state index contributed by atoms with van der Waals surface area (Å²) in [5, 5.41) is 0. The molecule has 1 nitrogen and oxygen atoms in total.